The van der Waals surface area contributed by atoms with E-state index in [0.717, 1.165) is 22.6 Å². The molecule has 0 aromatic heterocycles. The molecule has 0 amide bonds. The van der Waals surface area contributed by atoms with E-state index in [0.29, 0.717) is 0 Å². The first-order chi connectivity index (χ1) is 7.13. The van der Waals surface area contributed by atoms with Crippen LogP contribution >= 0.6 is 11.8 Å². The van der Waals surface area contributed by atoms with Gasteiger partial charge in [0.05, 0.1) is 5.92 Å². The van der Waals surface area contributed by atoms with Crippen LogP contribution in [0.1, 0.15) is 17.9 Å². The molecular weight excluding hydrogens is 210 g/mol. The lowest BCUT2D eigenvalue weighted by Crippen LogP contribution is -1.99. The molecule has 0 aliphatic heterocycles. The zero-order valence-electron chi connectivity index (χ0n) is 8.43. The van der Waals surface area contributed by atoms with Crippen LogP contribution in [-0.4, -0.2) is 17.3 Å². The van der Waals surface area contributed by atoms with Gasteiger partial charge in [-0.3, -0.25) is 4.79 Å². The lowest BCUT2D eigenvalue weighted by molar-refractivity contribution is -0.138. The molecule has 0 spiro atoms. The van der Waals surface area contributed by atoms with Crippen LogP contribution in [0, 0.1) is 5.92 Å². The van der Waals surface area contributed by atoms with Crippen molar-refractivity contribution in [2.75, 3.05) is 12.0 Å². The molecule has 15 heavy (non-hydrogen) atoms. The minimum absolute atomic E-state index is 0.189. The fraction of sp³-hybridized carbons (Fsp3) is 0.364. The maximum absolute atomic E-state index is 10.7. The Morgan fingerprint density at radius 2 is 2.33 bits per heavy atom. The molecule has 2 atom stereocenters. The van der Waals surface area contributed by atoms with Crippen LogP contribution in [0.3, 0.4) is 0 Å². The maximum Gasteiger partial charge on any atom is 0.307 e. The van der Waals surface area contributed by atoms with E-state index in [1.54, 1.807) is 11.8 Å². The molecule has 0 radical (unpaired) electrons. The molecule has 0 bridgehead atoms. The highest BCUT2D eigenvalue weighted by Gasteiger charge is 2.44. The average molecular weight is 223 g/mol. The molecule has 2 unspecified atom stereocenters. The molecule has 0 heterocycles. The first-order valence-corrected chi connectivity index (χ1v) is 6.02. The fourth-order valence-electron chi connectivity index (χ4n) is 1.79. The molecule has 2 rings (SSSR count). The van der Waals surface area contributed by atoms with Gasteiger partial charge in [0.2, 0.25) is 0 Å². The van der Waals surface area contributed by atoms with Crippen LogP contribution in [0.25, 0.3) is 0 Å². The quantitative estimate of drug-likeness (QED) is 0.609. The summed E-state index contributed by atoms with van der Waals surface area (Å²) in [6.07, 6.45) is 2.73. The van der Waals surface area contributed by atoms with Gasteiger partial charge in [-0.2, -0.15) is 0 Å². The maximum atomic E-state index is 10.7. The number of hydrogen-bond acceptors (Lipinski definition) is 3. The second kappa shape index (κ2) is 3.77. The highest BCUT2D eigenvalue weighted by atomic mass is 32.2. The highest BCUT2D eigenvalue weighted by molar-refractivity contribution is 7.98. The minimum atomic E-state index is -0.692. The van der Waals surface area contributed by atoms with Gasteiger partial charge in [0.25, 0.3) is 0 Å². The van der Waals surface area contributed by atoms with E-state index in [2.05, 4.69) is 0 Å². The molecule has 3 nitrogen and oxygen atoms in total. The van der Waals surface area contributed by atoms with Crippen molar-refractivity contribution in [2.45, 2.75) is 17.2 Å². The van der Waals surface area contributed by atoms with Gasteiger partial charge in [-0.05, 0) is 36.3 Å². The third-order valence-electron chi connectivity index (χ3n) is 2.79. The Morgan fingerprint density at radius 3 is 2.87 bits per heavy atom. The van der Waals surface area contributed by atoms with E-state index in [9.17, 15) is 4.79 Å². The molecular formula is C11H13NO2S. The van der Waals surface area contributed by atoms with E-state index in [-0.39, 0.29) is 11.8 Å². The van der Waals surface area contributed by atoms with Gasteiger partial charge >= 0.3 is 5.97 Å². The van der Waals surface area contributed by atoms with Crippen molar-refractivity contribution in [1.82, 2.24) is 0 Å². The van der Waals surface area contributed by atoms with E-state index in [1.807, 2.05) is 24.5 Å². The third-order valence-corrected chi connectivity index (χ3v) is 3.59. The monoisotopic (exact) mass is 223 g/mol. The van der Waals surface area contributed by atoms with Crippen molar-refractivity contribution < 1.29 is 9.90 Å². The van der Waals surface area contributed by atoms with Crippen LogP contribution < -0.4 is 5.73 Å². The summed E-state index contributed by atoms with van der Waals surface area (Å²) in [5.41, 5.74) is 7.64. The predicted octanol–water partition coefficient (Wildman–Crippen LogP) is 2.18. The van der Waals surface area contributed by atoms with Crippen LogP contribution in [-0.2, 0) is 4.79 Å². The smallest absolute Gasteiger partial charge is 0.307 e. The molecule has 4 heteroatoms. The number of aliphatic carboxylic acids is 1. The molecule has 1 aliphatic carbocycles. The number of carboxylic acids is 1. The Hall–Kier alpha value is -1.16. The van der Waals surface area contributed by atoms with Crippen molar-refractivity contribution in [1.29, 1.82) is 0 Å². The second-order valence-electron chi connectivity index (χ2n) is 3.79. The van der Waals surface area contributed by atoms with E-state index < -0.39 is 5.97 Å². The number of rotatable bonds is 3. The lowest BCUT2D eigenvalue weighted by atomic mass is 10.1. The zero-order valence-corrected chi connectivity index (χ0v) is 9.25. The normalized spacial score (nSPS) is 23.8. The molecule has 3 N–H and O–H groups in total. The van der Waals surface area contributed by atoms with Crippen LogP contribution in [0.2, 0.25) is 0 Å². The van der Waals surface area contributed by atoms with Crippen molar-refractivity contribution in [3.63, 3.8) is 0 Å². The largest absolute Gasteiger partial charge is 0.481 e. The Morgan fingerprint density at radius 1 is 1.60 bits per heavy atom. The number of nitrogens with two attached hydrogens (primary N) is 1. The van der Waals surface area contributed by atoms with Gasteiger partial charge < -0.3 is 10.8 Å². The molecule has 1 aliphatic rings. The Bertz CT molecular complexity index is 406. The summed E-state index contributed by atoms with van der Waals surface area (Å²) in [7, 11) is 0. The van der Waals surface area contributed by atoms with Crippen LogP contribution in [0.4, 0.5) is 5.69 Å². The van der Waals surface area contributed by atoms with Gasteiger partial charge in [-0.1, -0.05) is 6.07 Å². The number of nitrogen functional groups attached to an aromatic ring is 1. The fourth-order valence-corrected chi connectivity index (χ4v) is 2.35. The number of carbonyl (C=O) groups is 1. The summed E-state index contributed by atoms with van der Waals surface area (Å²) in [4.78, 5) is 11.8. The molecule has 1 aromatic carbocycles. The van der Waals surface area contributed by atoms with Crippen LogP contribution in [0.15, 0.2) is 23.1 Å². The SMILES string of the molecule is CSc1cc(C2CC2C(=O)O)ccc1N. The second-order valence-corrected chi connectivity index (χ2v) is 4.64. The van der Waals surface area contributed by atoms with Crippen molar-refractivity contribution in [3.05, 3.63) is 23.8 Å². The van der Waals surface area contributed by atoms with Crippen molar-refractivity contribution in [3.8, 4) is 0 Å². The highest BCUT2D eigenvalue weighted by Crippen LogP contribution is 2.48. The number of benzene rings is 1. The third kappa shape index (κ3) is 1.95. The summed E-state index contributed by atoms with van der Waals surface area (Å²) >= 11 is 1.59. The van der Waals surface area contributed by atoms with Crippen molar-refractivity contribution >= 4 is 23.4 Å². The summed E-state index contributed by atoms with van der Waals surface area (Å²) in [5, 5.41) is 8.84. The summed E-state index contributed by atoms with van der Waals surface area (Å²) in [6.45, 7) is 0. The number of hydrogen-bond donors (Lipinski definition) is 2. The number of thioether (sulfide) groups is 1. The minimum Gasteiger partial charge on any atom is -0.481 e. The average Bonchev–Trinajstić information content (AvgIpc) is 2.98. The van der Waals surface area contributed by atoms with Gasteiger partial charge in [-0.15, -0.1) is 11.8 Å². The van der Waals surface area contributed by atoms with Gasteiger partial charge in [0, 0.05) is 10.6 Å². The molecule has 1 aromatic rings. The number of anilines is 1. The number of carboxylic acid groups (broad SMARTS) is 1. The zero-order chi connectivity index (χ0) is 11.0. The topological polar surface area (TPSA) is 63.3 Å². The molecule has 0 saturated heterocycles. The summed E-state index contributed by atoms with van der Waals surface area (Å²) in [5.74, 6) is -0.695. The first kappa shape index (κ1) is 10.4. The summed E-state index contributed by atoms with van der Waals surface area (Å²) in [6, 6.07) is 5.80. The molecule has 1 fully saturated rings. The Labute approximate surface area is 92.7 Å². The Kier molecular flexibility index (Phi) is 2.61. The van der Waals surface area contributed by atoms with E-state index >= 15 is 0 Å². The molecule has 80 valence electrons. The predicted molar refractivity (Wildman–Crippen MR) is 61.1 cm³/mol. The Balaban J connectivity index is 2.21. The van der Waals surface area contributed by atoms with Crippen molar-refractivity contribution in [2.24, 2.45) is 5.92 Å². The molecule has 1 saturated carbocycles. The van der Waals surface area contributed by atoms with Gasteiger partial charge in [-0.25, -0.2) is 0 Å². The van der Waals surface area contributed by atoms with Gasteiger partial charge in [0.1, 0.15) is 0 Å². The van der Waals surface area contributed by atoms with E-state index in [4.69, 9.17) is 10.8 Å². The lowest BCUT2D eigenvalue weighted by Gasteiger charge is -2.05. The summed E-state index contributed by atoms with van der Waals surface area (Å²) < 4.78 is 0. The van der Waals surface area contributed by atoms with Gasteiger partial charge in [0.15, 0.2) is 0 Å². The van der Waals surface area contributed by atoms with Crippen LogP contribution in [0.5, 0.6) is 0 Å². The first-order valence-electron chi connectivity index (χ1n) is 4.79. The standard InChI is InChI=1S/C11H13NO2S/c1-15-10-4-6(2-3-9(10)12)7-5-8(7)11(13)14/h2-4,7-8H,5,12H2,1H3,(H,13,14). The van der Waals surface area contributed by atoms with E-state index in [1.165, 1.54) is 0 Å².